The zero-order chi connectivity index (χ0) is 32.8. The molecule has 0 amide bonds. The summed E-state index contributed by atoms with van der Waals surface area (Å²) in [7, 11) is 0. The topological polar surface area (TPSA) is 41.1 Å². The first kappa shape index (κ1) is 34.1. The molecule has 3 aliphatic rings. The number of aromatic nitrogens is 2. The molecule has 4 nitrogen and oxygen atoms in total. The van der Waals surface area contributed by atoms with Crippen LogP contribution in [-0.2, 0) is 13.0 Å². The van der Waals surface area contributed by atoms with Gasteiger partial charge in [0, 0.05) is 47.8 Å². The molecule has 0 radical (unpaired) electrons. The molecule has 4 heteroatoms. The van der Waals surface area contributed by atoms with Crippen LogP contribution in [0.2, 0.25) is 0 Å². The zero-order valence-corrected chi connectivity index (χ0v) is 30.0. The maximum absolute atomic E-state index is 4.76. The number of nitrogens with one attached hydrogen (secondary N) is 1. The van der Waals surface area contributed by atoms with Crippen molar-refractivity contribution in [2.45, 2.75) is 148 Å². The van der Waals surface area contributed by atoms with Gasteiger partial charge in [-0.1, -0.05) is 83.9 Å². The van der Waals surface area contributed by atoms with Crippen molar-refractivity contribution in [1.82, 2.24) is 20.2 Å². The van der Waals surface area contributed by atoms with Crippen LogP contribution < -0.4 is 5.32 Å². The molecule has 1 aliphatic carbocycles. The van der Waals surface area contributed by atoms with E-state index in [1.165, 1.54) is 128 Å². The molecule has 2 atom stereocenters. The van der Waals surface area contributed by atoms with Crippen LogP contribution >= 0.6 is 0 Å². The van der Waals surface area contributed by atoms with E-state index >= 15 is 0 Å². The summed E-state index contributed by atoms with van der Waals surface area (Å²) in [4.78, 5) is 12.2. The molecule has 1 N–H and O–H groups in total. The number of rotatable bonds is 10. The summed E-state index contributed by atoms with van der Waals surface area (Å²) in [6.07, 6.45) is 20.5. The summed E-state index contributed by atoms with van der Waals surface area (Å²) in [5.74, 6) is 1.90. The molecule has 0 spiro atoms. The Labute approximate surface area is 285 Å². The second kappa shape index (κ2) is 16.1. The quantitative estimate of drug-likeness (QED) is 0.189. The van der Waals surface area contributed by atoms with E-state index in [1.807, 2.05) is 6.20 Å². The number of nitrogens with zero attached hydrogens (tertiary/aromatic N) is 3. The first-order valence-corrected chi connectivity index (χ1v) is 19.1. The van der Waals surface area contributed by atoms with Gasteiger partial charge in [-0.25, -0.2) is 0 Å². The van der Waals surface area contributed by atoms with E-state index in [-0.39, 0.29) is 0 Å². The van der Waals surface area contributed by atoms with E-state index in [0.29, 0.717) is 17.9 Å². The highest BCUT2D eigenvalue weighted by atomic mass is 15.2. The minimum absolute atomic E-state index is 0.464. The van der Waals surface area contributed by atoms with E-state index in [2.05, 4.69) is 105 Å². The summed E-state index contributed by atoms with van der Waals surface area (Å²) in [5.41, 5.74) is 5.26. The number of fused-ring (bicyclic) bond motifs is 4. The fourth-order valence-corrected chi connectivity index (χ4v) is 8.81. The first-order valence-electron chi connectivity index (χ1n) is 19.1. The van der Waals surface area contributed by atoms with E-state index in [1.54, 1.807) is 0 Å². The lowest BCUT2D eigenvalue weighted by Gasteiger charge is -2.34. The van der Waals surface area contributed by atoms with Gasteiger partial charge < -0.3 is 5.32 Å². The molecule has 1 saturated carbocycles. The van der Waals surface area contributed by atoms with Gasteiger partial charge in [-0.15, -0.1) is 0 Å². The zero-order valence-electron chi connectivity index (χ0n) is 30.0. The predicted molar refractivity (Wildman–Crippen MR) is 200 cm³/mol. The van der Waals surface area contributed by atoms with Crippen LogP contribution in [0.3, 0.4) is 0 Å². The minimum Gasteiger partial charge on any atom is -0.310 e. The molecule has 2 unspecified atom stereocenters. The highest BCUT2D eigenvalue weighted by Gasteiger charge is 2.35. The van der Waals surface area contributed by atoms with Crippen LogP contribution in [0.15, 0.2) is 60.9 Å². The van der Waals surface area contributed by atoms with E-state index in [4.69, 9.17) is 4.98 Å². The van der Waals surface area contributed by atoms with Crippen molar-refractivity contribution in [1.29, 1.82) is 0 Å². The van der Waals surface area contributed by atoms with Crippen LogP contribution in [-0.4, -0.2) is 39.5 Å². The summed E-state index contributed by atoms with van der Waals surface area (Å²) >= 11 is 0. The lowest BCUT2D eigenvalue weighted by atomic mass is 9.84. The predicted octanol–water partition coefficient (Wildman–Crippen LogP) is 10.7. The van der Waals surface area contributed by atoms with Crippen molar-refractivity contribution >= 4 is 21.5 Å². The second-order valence-electron chi connectivity index (χ2n) is 15.4. The first-order chi connectivity index (χ1) is 22.9. The lowest BCUT2D eigenvalue weighted by molar-refractivity contribution is 0.139. The minimum atomic E-state index is 0.464. The van der Waals surface area contributed by atoms with Gasteiger partial charge in [-0.05, 0) is 123 Å². The molecule has 2 bridgehead atoms. The number of aryl methyl sites for hydroxylation is 1. The molecule has 2 saturated heterocycles. The van der Waals surface area contributed by atoms with Crippen molar-refractivity contribution < 1.29 is 0 Å². The van der Waals surface area contributed by atoms with Crippen LogP contribution in [0.5, 0.6) is 0 Å². The van der Waals surface area contributed by atoms with Crippen LogP contribution in [0.4, 0.5) is 0 Å². The van der Waals surface area contributed by atoms with Gasteiger partial charge >= 0.3 is 0 Å². The Balaban J connectivity index is 0.000000165. The highest BCUT2D eigenvalue weighted by molar-refractivity contribution is 5.88. The van der Waals surface area contributed by atoms with Gasteiger partial charge in [-0.3, -0.25) is 14.9 Å². The third-order valence-corrected chi connectivity index (χ3v) is 11.6. The number of piperidine rings is 1. The average Bonchev–Trinajstić information content (AvgIpc) is 3.31. The lowest BCUT2D eigenvalue weighted by Crippen LogP contribution is -2.40. The van der Waals surface area contributed by atoms with Gasteiger partial charge in [0.05, 0.1) is 11.4 Å². The Morgan fingerprint density at radius 3 is 2.17 bits per heavy atom. The molecule has 2 aromatic carbocycles. The largest absolute Gasteiger partial charge is 0.310 e. The molecule has 252 valence electrons. The van der Waals surface area contributed by atoms with Crippen LogP contribution in [0.1, 0.15) is 140 Å². The molecule has 4 aromatic rings. The van der Waals surface area contributed by atoms with Crippen LogP contribution in [0.25, 0.3) is 21.5 Å². The standard InChI is InChI=1S/C22H30N2.C21H30N2/c1-16(2)22-21-15-17(8-9-18(21)12-13-23-22)5-4-14-24-19-6-3-7-20(24)11-10-19;1-4-16-9-11-18(12-10-16)22-13-17-14-23-21(15(2)3)20-8-6-5-7-19(17)20/h8-9,12-13,15-16,19-20H,3-7,10-11,14H2,1-2H3;5-8,14-16,18,22H,4,9-13H2,1-3H3. The Morgan fingerprint density at radius 1 is 0.766 bits per heavy atom. The van der Waals surface area contributed by atoms with Crippen molar-refractivity contribution in [3.05, 3.63) is 83.4 Å². The van der Waals surface area contributed by atoms with Crippen molar-refractivity contribution in [3.8, 4) is 0 Å². The van der Waals surface area contributed by atoms with Crippen molar-refractivity contribution in [3.63, 3.8) is 0 Å². The normalized spacial score (nSPS) is 23.0. The van der Waals surface area contributed by atoms with E-state index in [9.17, 15) is 0 Å². The highest BCUT2D eigenvalue weighted by Crippen LogP contribution is 2.36. The fourth-order valence-electron chi connectivity index (χ4n) is 8.81. The van der Waals surface area contributed by atoms with Gasteiger partial charge in [0.1, 0.15) is 0 Å². The molecular formula is C43H60N4. The number of pyridine rings is 2. The SMILES string of the molecule is CC(C)c1nccc2ccc(CCCN3C4CCCC3CC4)cc12.CCC1CCC(NCc2cnc(C(C)C)c3ccccc23)CC1. The van der Waals surface area contributed by atoms with E-state index < -0.39 is 0 Å². The Hall–Kier alpha value is -2.82. The molecular weight excluding hydrogens is 573 g/mol. The molecule has 47 heavy (non-hydrogen) atoms. The smallest absolute Gasteiger partial charge is 0.0507 e. The Morgan fingerprint density at radius 2 is 1.47 bits per heavy atom. The summed E-state index contributed by atoms with van der Waals surface area (Å²) < 4.78 is 0. The molecule has 4 heterocycles. The second-order valence-corrected chi connectivity index (χ2v) is 15.4. The molecule has 3 fully saturated rings. The summed E-state index contributed by atoms with van der Waals surface area (Å²) in [6, 6.07) is 20.3. The fraction of sp³-hybridized carbons (Fsp3) is 0.581. The molecule has 2 aliphatic heterocycles. The molecule has 2 aromatic heterocycles. The Bertz CT molecular complexity index is 1570. The third kappa shape index (κ3) is 8.26. The summed E-state index contributed by atoms with van der Waals surface area (Å²) in [5, 5.41) is 9.14. The average molecular weight is 633 g/mol. The van der Waals surface area contributed by atoms with Gasteiger partial charge in [0.15, 0.2) is 0 Å². The van der Waals surface area contributed by atoms with E-state index in [0.717, 1.165) is 24.5 Å². The number of benzene rings is 2. The van der Waals surface area contributed by atoms with Gasteiger partial charge in [0.25, 0.3) is 0 Å². The third-order valence-electron chi connectivity index (χ3n) is 11.6. The maximum Gasteiger partial charge on any atom is 0.0507 e. The summed E-state index contributed by atoms with van der Waals surface area (Å²) in [6.45, 7) is 13.5. The van der Waals surface area contributed by atoms with Crippen molar-refractivity contribution in [2.24, 2.45) is 5.92 Å². The van der Waals surface area contributed by atoms with Crippen molar-refractivity contribution in [2.75, 3.05) is 6.54 Å². The van der Waals surface area contributed by atoms with Gasteiger partial charge in [-0.2, -0.15) is 0 Å². The monoisotopic (exact) mass is 632 g/mol. The molecule has 7 rings (SSSR count). The number of hydrogen-bond donors (Lipinski definition) is 1. The Kier molecular flexibility index (Phi) is 11.6. The van der Waals surface area contributed by atoms with Crippen LogP contribution in [0, 0.1) is 5.92 Å². The number of hydrogen-bond acceptors (Lipinski definition) is 4. The maximum atomic E-state index is 4.76. The van der Waals surface area contributed by atoms with Gasteiger partial charge in [0.2, 0.25) is 0 Å².